The first-order chi connectivity index (χ1) is 29.5. The zero-order valence-corrected chi connectivity index (χ0v) is 39.2. The smallest absolute Gasteiger partial charge is 0.306 e. The van der Waals surface area contributed by atoms with Gasteiger partial charge in [-0.3, -0.25) is 14.4 Å². The van der Waals surface area contributed by atoms with Gasteiger partial charge in [-0.25, -0.2) is 0 Å². The summed E-state index contributed by atoms with van der Waals surface area (Å²) in [6, 6.07) is 0. The fourth-order valence-electron chi connectivity index (χ4n) is 6.64. The number of ether oxygens (including phenoxy) is 3. The van der Waals surface area contributed by atoms with Crippen LogP contribution in [0.15, 0.2) is 72.9 Å². The summed E-state index contributed by atoms with van der Waals surface area (Å²) in [4.78, 5) is 37.9. The highest BCUT2D eigenvalue weighted by molar-refractivity contribution is 5.71. The van der Waals surface area contributed by atoms with Gasteiger partial charge in [-0.15, -0.1) is 0 Å². The van der Waals surface area contributed by atoms with Crippen LogP contribution in [0.5, 0.6) is 0 Å². The van der Waals surface area contributed by atoms with Crippen LogP contribution in [-0.4, -0.2) is 37.2 Å². The van der Waals surface area contributed by atoms with Crippen molar-refractivity contribution in [1.29, 1.82) is 0 Å². The molecule has 344 valence electrons. The molecule has 0 saturated heterocycles. The molecule has 0 aliphatic rings. The summed E-state index contributed by atoms with van der Waals surface area (Å²) in [5.74, 6) is -0.932. The minimum atomic E-state index is -0.792. The van der Waals surface area contributed by atoms with E-state index in [2.05, 4.69) is 93.7 Å². The Kier molecular flexibility index (Phi) is 46.0. The van der Waals surface area contributed by atoms with Crippen molar-refractivity contribution >= 4 is 17.9 Å². The van der Waals surface area contributed by atoms with Gasteiger partial charge in [0.2, 0.25) is 0 Å². The number of allylic oxidation sites excluding steroid dienone is 12. The lowest BCUT2D eigenvalue weighted by Crippen LogP contribution is -2.30. The number of hydrogen-bond donors (Lipinski definition) is 0. The average Bonchev–Trinajstić information content (AvgIpc) is 3.24. The summed E-state index contributed by atoms with van der Waals surface area (Å²) in [7, 11) is 0. The van der Waals surface area contributed by atoms with E-state index in [9.17, 15) is 14.4 Å². The van der Waals surface area contributed by atoms with Gasteiger partial charge in [-0.1, -0.05) is 184 Å². The molecular formula is C54H92O6. The van der Waals surface area contributed by atoms with E-state index in [4.69, 9.17) is 14.2 Å². The first kappa shape index (κ1) is 56.9. The van der Waals surface area contributed by atoms with E-state index in [0.717, 1.165) is 128 Å². The normalized spacial score (nSPS) is 12.7. The average molecular weight is 837 g/mol. The third-order valence-electron chi connectivity index (χ3n) is 10.4. The van der Waals surface area contributed by atoms with Gasteiger partial charge in [-0.2, -0.15) is 0 Å². The highest BCUT2D eigenvalue weighted by Gasteiger charge is 2.19. The van der Waals surface area contributed by atoms with Crippen LogP contribution in [0.25, 0.3) is 0 Å². The number of rotatable bonds is 44. The topological polar surface area (TPSA) is 78.9 Å². The Morgan fingerprint density at radius 1 is 0.350 bits per heavy atom. The molecule has 0 N–H and O–H groups in total. The monoisotopic (exact) mass is 837 g/mol. The van der Waals surface area contributed by atoms with Crippen molar-refractivity contribution in [1.82, 2.24) is 0 Å². The number of unbranched alkanes of at least 4 members (excludes halogenated alkanes) is 21. The van der Waals surface area contributed by atoms with E-state index < -0.39 is 6.10 Å². The summed E-state index contributed by atoms with van der Waals surface area (Å²) >= 11 is 0. The molecule has 6 nitrogen and oxygen atoms in total. The predicted octanol–water partition coefficient (Wildman–Crippen LogP) is 16.3. The van der Waals surface area contributed by atoms with Crippen molar-refractivity contribution in [3.05, 3.63) is 72.9 Å². The first-order valence-corrected chi connectivity index (χ1v) is 24.9. The molecular weight excluding hydrogens is 745 g/mol. The minimum absolute atomic E-state index is 0.0915. The van der Waals surface area contributed by atoms with Crippen molar-refractivity contribution in [3.63, 3.8) is 0 Å². The van der Waals surface area contributed by atoms with Crippen LogP contribution in [0.2, 0.25) is 0 Å². The second kappa shape index (κ2) is 48.5. The third kappa shape index (κ3) is 45.9. The maximum absolute atomic E-state index is 12.8. The van der Waals surface area contributed by atoms with Gasteiger partial charge < -0.3 is 14.2 Å². The van der Waals surface area contributed by atoms with Crippen molar-refractivity contribution in [2.45, 2.75) is 239 Å². The number of carbonyl (C=O) groups excluding carboxylic acids is 3. The zero-order valence-electron chi connectivity index (χ0n) is 39.2. The van der Waals surface area contributed by atoms with Crippen LogP contribution in [0, 0.1) is 0 Å². The maximum atomic E-state index is 12.8. The van der Waals surface area contributed by atoms with E-state index in [0.29, 0.717) is 19.3 Å². The fourth-order valence-corrected chi connectivity index (χ4v) is 6.64. The molecule has 0 aliphatic heterocycles. The molecule has 0 heterocycles. The quantitative estimate of drug-likeness (QED) is 0.0263. The molecule has 6 heteroatoms. The van der Waals surface area contributed by atoms with Crippen LogP contribution in [0.3, 0.4) is 0 Å². The van der Waals surface area contributed by atoms with Gasteiger partial charge in [-0.05, 0) is 103 Å². The number of hydrogen-bond acceptors (Lipinski definition) is 6. The molecule has 0 amide bonds. The van der Waals surface area contributed by atoms with Crippen molar-refractivity contribution < 1.29 is 28.6 Å². The van der Waals surface area contributed by atoms with Gasteiger partial charge in [0.25, 0.3) is 0 Å². The molecule has 0 radical (unpaired) electrons. The third-order valence-corrected chi connectivity index (χ3v) is 10.4. The Labute approximate surface area is 370 Å². The predicted molar refractivity (Wildman–Crippen MR) is 256 cm³/mol. The summed E-state index contributed by atoms with van der Waals surface area (Å²) < 4.78 is 16.7. The Bertz CT molecular complexity index is 1140. The van der Waals surface area contributed by atoms with Crippen LogP contribution in [0.1, 0.15) is 233 Å². The van der Waals surface area contributed by atoms with Crippen LogP contribution in [-0.2, 0) is 28.6 Å². The first-order valence-electron chi connectivity index (χ1n) is 24.9. The van der Waals surface area contributed by atoms with Gasteiger partial charge in [0.1, 0.15) is 13.2 Å². The molecule has 0 bridgehead atoms. The van der Waals surface area contributed by atoms with E-state index in [1.165, 1.54) is 64.2 Å². The molecule has 0 aliphatic carbocycles. The van der Waals surface area contributed by atoms with E-state index >= 15 is 0 Å². The van der Waals surface area contributed by atoms with Crippen LogP contribution >= 0.6 is 0 Å². The van der Waals surface area contributed by atoms with E-state index in [-0.39, 0.29) is 31.1 Å². The van der Waals surface area contributed by atoms with Crippen molar-refractivity contribution in [2.24, 2.45) is 0 Å². The fraction of sp³-hybridized carbons (Fsp3) is 0.722. The van der Waals surface area contributed by atoms with Crippen molar-refractivity contribution in [3.8, 4) is 0 Å². The van der Waals surface area contributed by atoms with Crippen LogP contribution < -0.4 is 0 Å². The molecule has 0 fully saturated rings. The zero-order chi connectivity index (χ0) is 43.7. The summed E-state index contributed by atoms with van der Waals surface area (Å²) in [6.07, 6.45) is 60.2. The molecule has 0 aromatic carbocycles. The summed E-state index contributed by atoms with van der Waals surface area (Å²) in [6.45, 7) is 6.43. The lowest BCUT2D eigenvalue weighted by molar-refractivity contribution is -0.167. The number of carbonyl (C=O) groups is 3. The molecule has 0 spiro atoms. The summed E-state index contributed by atoms with van der Waals surface area (Å²) in [5, 5.41) is 0. The van der Waals surface area contributed by atoms with Gasteiger partial charge in [0.05, 0.1) is 0 Å². The lowest BCUT2D eigenvalue weighted by Gasteiger charge is -2.18. The van der Waals surface area contributed by atoms with E-state index in [1.54, 1.807) is 0 Å². The SMILES string of the molecule is CC/C=C\C/C=C\C/C=C\CCCCCCCC(=O)OCC(COC(=O)CCCCCCC/C=C\CCCCCC)OC(=O)CCCCCCC/C=C\C/C=C\CCCC. The molecule has 0 rings (SSSR count). The molecule has 1 unspecified atom stereocenters. The largest absolute Gasteiger partial charge is 0.462 e. The summed E-state index contributed by atoms with van der Waals surface area (Å²) in [5.41, 5.74) is 0. The molecule has 0 saturated carbocycles. The lowest BCUT2D eigenvalue weighted by atomic mass is 10.1. The molecule has 0 aromatic rings. The Morgan fingerprint density at radius 2 is 0.667 bits per heavy atom. The van der Waals surface area contributed by atoms with Crippen molar-refractivity contribution in [2.75, 3.05) is 13.2 Å². The standard InChI is InChI=1S/C54H92O6/c1-4-7-10-13-16-19-22-25-27-30-32-35-38-41-44-47-53(56)59-50-51(49-58-52(55)46-43-40-37-34-31-28-24-21-18-15-12-9-6-3)60-54(57)48-45-42-39-36-33-29-26-23-20-17-14-11-8-5-2/h7,10,14,16-17,19,21,23-27,51H,4-6,8-9,11-13,15,18,20,22,28-50H2,1-3H3/b10-7-,17-14-,19-16-,24-21-,26-23-,27-25-. The van der Waals surface area contributed by atoms with Gasteiger partial charge in [0.15, 0.2) is 6.10 Å². The second-order valence-corrected chi connectivity index (χ2v) is 16.3. The Balaban J connectivity index is 4.45. The Hall–Kier alpha value is -3.15. The van der Waals surface area contributed by atoms with E-state index in [1.807, 2.05) is 0 Å². The minimum Gasteiger partial charge on any atom is -0.462 e. The molecule has 0 aromatic heterocycles. The number of esters is 3. The highest BCUT2D eigenvalue weighted by Crippen LogP contribution is 2.13. The molecule has 1 atom stereocenters. The molecule has 60 heavy (non-hydrogen) atoms. The Morgan fingerprint density at radius 3 is 1.08 bits per heavy atom. The van der Waals surface area contributed by atoms with Gasteiger partial charge >= 0.3 is 17.9 Å². The highest BCUT2D eigenvalue weighted by atomic mass is 16.6. The maximum Gasteiger partial charge on any atom is 0.306 e. The van der Waals surface area contributed by atoms with Gasteiger partial charge in [0, 0.05) is 19.3 Å². The van der Waals surface area contributed by atoms with Crippen LogP contribution in [0.4, 0.5) is 0 Å². The second-order valence-electron chi connectivity index (χ2n) is 16.3.